The fourth-order valence-electron chi connectivity index (χ4n) is 16.9. The van der Waals surface area contributed by atoms with Gasteiger partial charge in [-0.15, -0.1) is 0 Å². The number of amides is 16. The van der Waals surface area contributed by atoms with Gasteiger partial charge in [0.05, 0.1) is 75.6 Å². The minimum absolute atomic E-state index is 0. The third-order valence-electron chi connectivity index (χ3n) is 21.9. The number of hydrogen-bond donors (Lipinski definition) is 4. The predicted octanol–water partition coefficient (Wildman–Crippen LogP) is -0.113. The van der Waals surface area contributed by atoms with E-state index in [9.17, 15) is 51.9 Å². The third kappa shape index (κ3) is 11.1. The Hall–Kier alpha value is -6.07. The molecule has 0 radical (unpaired) electrons. The van der Waals surface area contributed by atoms with E-state index < -0.39 is 199 Å². The molecule has 16 amide bonds. The predicted molar refractivity (Wildman–Crippen MR) is 324 cm³/mol. The van der Waals surface area contributed by atoms with Crippen molar-refractivity contribution in [2.75, 3.05) is 89.5 Å². The standard InChI is InChI=1S/C54H68N16O24S4.4Zn/c1-51-53(3)67-27-59-41-39-55(43(59)71)25-57-40-42-61(45(57)73)29-69-49(77)65-23-33-34(38(94-16-8-20-98(88,89)90)12-11-37(33)93-15-7-19-97(85,86)87)24-66-50(78)70(54(69,4)52(65,66)2)30-62(42)46(74)58(40)26-56(39)44(72)60(41)28-68(53)48(76)64(51)22-32-31(21-63(51)47(67)75)35(91-13-5-17-95(79,80)81)9-10-36(32)92-14-6-18-96(82,83)84;;;;/h9-12,39-42H,5-8,13-30H2,1-4H3,(H,79,80,81)(H,82,83,84)(H,85,86,87)(H,88,89,90);;;;/q;4*+2. The van der Waals surface area contributed by atoms with Gasteiger partial charge in [-0.2, -0.15) is 33.7 Å². The Labute approximate surface area is 635 Å². The molecule has 40 nitrogen and oxygen atoms in total. The van der Waals surface area contributed by atoms with E-state index in [-0.39, 0.29) is 179 Å². The van der Waals surface area contributed by atoms with Crippen molar-refractivity contribution in [2.24, 2.45) is 0 Å². The van der Waals surface area contributed by atoms with Crippen molar-refractivity contribution in [1.29, 1.82) is 0 Å². The van der Waals surface area contributed by atoms with Crippen molar-refractivity contribution in [3.05, 3.63) is 46.5 Å². The number of urea groups is 8. The molecule has 0 aromatic heterocycles. The van der Waals surface area contributed by atoms with Gasteiger partial charge in [0, 0.05) is 22.3 Å². The van der Waals surface area contributed by atoms with E-state index >= 15 is 38.4 Å². The maximum Gasteiger partial charge on any atom is 2.00 e. The summed E-state index contributed by atoms with van der Waals surface area (Å²) >= 11 is 0. The van der Waals surface area contributed by atoms with Gasteiger partial charge in [-0.05, 0) is 77.6 Å². The normalized spacial score (nSPS) is 28.5. The van der Waals surface area contributed by atoms with Crippen molar-refractivity contribution in [1.82, 2.24) is 78.4 Å². The average molecular weight is 1720 g/mol. The van der Waals surface area contributed by atoms with E-state index in [1.807, 2.05) is 0 Å². The maximum atomic E-state index is 15.6. The molecule has 0 atom stereocenters. The Morgan fingerprint density at radius 3 is 0.676 bits per heavy atom. The number of nitrogens with zero attached hydrogens (tertiary/aromatic N) is 16. The van der Waals surface area contributed by atoms with E-state index in [0.29, 0.717) is 22.3 Å². The number of carbonyl (C=O) groups excluding carboxylic acids is 8. The molecule has 0 unspecified atom stereocenters. The summed E-state index contributed by atoms with van der Waals surface area (Å²) in [6, 6.07) is 0.128. The van der Waals surface area contributed by atoms with Crippen LogP contribution in [0.1, 0.15) is 75.6 Å². The van der Waals surface area contributed by atoms with Gasteiger partial charge in [0.2, 0.25) is 0 Å². The first-order valence-electron chi connectivity index (χ1n) is 31.2. The maximum absolute atomic E-state index is 15.6. The molecule has 0 spiro atoms. The molecule has 13 aliphatic heterocycles. The van der Waals surface area contributed by atoms with Crippen molar-refractivity contribution < 1.29 is 187 Å². The molecular formula is C54H68N16O24S4Zn4+8. The van der Waals surface area contributed by atoms with Crippen LogP contribution in [0, 0.1) is 0 Å². The topological polar surface area (TPSA) is 443 Å². The van der Waals surface area contributed by atoms with Crippen LogP contribution in [0.5, 0.6) is 23.0 Å². The molecule has 2 aromatic rings. The second-order valence-electron chi connectivity index (χ2n) is 26.7. The molecular weight excluding hydrogens is 1650 g/mol. The molecule has 13 aliphatic rings. The van der Waals surface area contributed by atoms with Gasteiger partial charge in [-0.3, -0.25) is 96.6 Å². The van der Waals surface area contributed by atoms with Crippen molar-refractivity contribution in [3.63, 3.8) is 0 Å². The number of benzene rings is 2. The summed E-state index contributed by atoms with van der Waals surface area (Å²) in [4.78, 5) is 146. The summed E-state index contributed by atoms with van der Waals surface area (Å²) in [6.45, 7) is 0.998. The third-order valence-corrected chi connectivity index (χ3v) is 25.1. The minimum atomic E-state index is -4.38. The smallest absolute Gasteiger partial charge is 0.493 e. The first kappa shape index (κ1) is 77.0. The van der Waals surface area contributed by atoms with Gasteiger partial charge in [0.1, 0.15) is 63.0 Å². The first-order chi connectivity index (χ1) is 45.9. The zero-order valence-electron chi connectivity index (χ0n) is 55.7. The van der Waals surface area contributed by atoms with Gasteiger partial charge >= 0.3 is 126 Å². The number of ether oxygens (including phenoxy) is 4. The molecule has 102 heavy (non-hydrogen) atoms. The van der Waals surface area contributed by atoms with Gasteiger partial charge in [-0.25, -0.2) is 38.4 Å². The SMILES string of the molecule is CC12N3Cc4c(OCCCS(=O)(=O)O)ccc(OCCCS(=O)(=O)O)c4CN1C(=O)N1CN4C(=O)N5CN6C(=O)N7CN8C(=O)N9Cc%10c(OCCCS(=O)(=O)O)ccc(OCCCS(=O)(=O)O)c%10CN%10C(=O)N(CN%11C(=O)N(CN%12C(=O)N(CN(C3=O)C12C)C4C%125)C6C%117)C8(C)C%109C.[Zn+2].[Zn+2].[Zn+2].[Zn+2]. The molecule has 0 bridgehead atoms. The van der Waals surface area contributed by atoms with Crippen LogP contribution in [0.25, 0.3) is 0 Å². The van der Waals surface area contributed by atoms with Crippen LogP contribution < -0.4 is 18.9 Å². The Balaban J connectivity index is 0.00000261. The minimum Gasteiger partial charge on any atom is -0.493 e. The Morgan fingerprint density at radius 2 is 0.490 bits per heavy atom. The largest absolute Gasteiger partial charge is 2.00 e. The molecule has 4 N–H and O–H groups in total. The van der Waals surface area contributed by atoms with Crippen LogP contribution in [0.4, 0.5) is 38.4 Å². The number of carbonyl (C=O) groups is 8. The second-order valence-corrected chi connectivity index (χ2v) is 32.9. The Kier molecular flexibility index (Phi) is 19.5. The molecule has 11 saturated heterocycles. The Bertz CT molecular complexity index is 3900. The summed E-state index contributed by atoms with van der Waals surface area (Å²) in [5, 5.41) is 0. The van der Waals surface area contributed by atoms with Crippen LogP contribution in [0.2, 0.25) is 0 Å². The molecule has 13 heterocycles. The van der Waals surface area contributed by atoms with Crippen molar-refractivity contribution in [3.8, 4) is 23.0 Å². The van der Waals surface area contributed by atoms with E-state index in [1.54, 1.807) is 27.7 Å². The van der Waals surface area contributed by atoms with Crippen molar-refractivity contribution in [2.45, 2.75) is 127 Å². The molecule has 0 aliphatic carbocycles. The summed E-state index contributed by atoms with van der Waals surface area (Å²) in [5.41, 5.74) is -5.55. The van der Waals surface area contributed by atoms with E-state index in [4.69, 9.17) is 18.9 Å². The molecule has 0 saturated carbocycles. The van der Waals surface area contributed by atoms with E-state index in [2.05, 4.69) is 0 Å². The molecule has 2 aromatic carbocycles. The molecule has 532 valence electrons. The summed E-state index contributed by atoms with van der Waals surface area (Å²) in [7, 11) is -17.5. The van der Waals surface area contributed by atoms with Gasteiger partial charge in [0.25, 0.3) is 40.5 Å². The van der Waals surface area contributed by atoms with Crippen molar-refractivity contribution >= 4 is 88.7 Å². The fraction of sp³-hybridized carbons (Fsp3) is 0.630. The number of rotatable bonds is 20. The fourth-order valence-corrected chi connectivity index (χ4v) is 18.8. The quantitative estimate of drug-likeness (QED) is 0.0763. The summed E-state index contributed by atoms with van der Waals surface area (Å²) in [5.74, 6) is -2.01. The molecule has 11 fully saturated rings. The molecule has 15 rings (SSSR count). The first-order valence-corrected chi connectivity index (χ1v) is 37.7. The van der Waals surface area contributed by atoms with Crippen LogP contribution in [-0.4, -0.2) is 315 Å². The van der Waals surface area contributed by atoms with Gasteiger partial charge in [-0.1, -0.05) is 0 Å². The average Bonchev–Trinajstić information content (AvgIpc) is 1.50. The summed E-state index contributed by atoms with van der Waals surface area (Å²) in [6.07, 6.45) is -5.79. The van der Waals surface area contributed by atoms with Crippen LogP contribution >= 0.6 is 0 Å². The van der Waals surface area contributed by atoms with E-state index in [1.165, 1.54) is 103 Å². The van der Waals surface area contributed by atoms with E-state index in [0.717, 1.165) is 0 Å². The second kappa shape index (κ2) is 25.9. The zero-order valence-corrected chi connectivity index (χ0v) is 70.9. The Morgan fingerprint density at radius 1 is 0.314 bits per heavy atom. The number of hydrogen-bond acceptors (Lipinski definition) is 20. The van der Waals surface area contributed by atoms with Crippen LogP contribution in [0.15, 0.2) is 24.3 Å². The monoisotopic (exact) mass is 1710 g/mol. The van der Waals surface area contributed by atoms with Crippen LogP contribution in [-0.2, 0) is 145 Å². The van der Waals surface area contributed by atoms with Gasteiger partial charge in [0.15, 0.2) is 47.3 Å². The molecule has 48 heteroatoms. The number of fused-ring (bicyclic) bond motifs is 2. The van der Waals surface area contributed by atoms with Crippen LogP contribution in [0.3, 0.4) is 0 Å². The summed E-state index contributed by atoms with van der Waals surface area (Å²) < 4.78 is 155. The zero-order chi connectivity index (χ0) is 70.0. The van der Waals surface area contributed by atoms with Gasteiger partial charge < -0.3 is 18.9 Å².